The second-order valence-corrected chi connectivity index (χ2v) is 9.99. The van der Waals surface area contributed by atoms with Crippen LogP contribution in [0.15, 0.2) is 29.5 Å². The summed E-state index contributed by atoms with van der Waals surface area (Å²) in [5, 5.41) is 3.01. The van der Waals surface area contributed by atoms with Crippen molar-refractivity contribution in [1.29, 1.82) is 0 Å². The van der Waals surface area contributed by atoms with Gasteiger partial charge in [-0.1, -0.05) is 37.6 Å². The van der Waals surface area contributed by atoms with Crippen molar-refractivity contribution in [3.63, 3.8) is 0 Å². The molecule has 1 aromatic rings. The van der Waals surface area contributed by atoms with Gasteiger partial charge in [0.1, 0.15) is 0 Å². The van der Waals surface area contributed by atoms with Gasteiger partial charge in [0, 0.05) is 51.9 Å². The Morgan fingerprint density at radius 2 is 1.89 bits per heavy atom. The van der Waals surface area contributed by atoms with E-state index < -0.39 is 12.0 Å². The molecule has 3 rings (SSSR count). The Morgan fingerprint density at radius 1 is 1.14 bits per heavy atom. The van der Waals surface area contributed by atoms with Crippen LogP contribution in [0.4, 0.5) is 4.79 Å². The first-order chi connectivity index (χ1) is 16.6. The number of carbonyl (C=O) groups excluding carboxylic acids is 3. The second-order valence-electron chi connectivity index (χ2n) is 9.99. The predicted octanol–water partition coefficient (Wildman–Crippen LogP) is 3.40. The molecule has 1 aromatic carbocycles. The van der Waals surface area contributed by atoms with E-state index in [9.17, 15) is 14.4 Å². The number of nitrogens with one attached hydrogen (secondary N) is 1. The van der Waals surface area contributed by atoms with E-state index in [1.807, 2.05) is 30.9 Å². The Labute approximate surface area is 209 Å². The van der Waals surface area contributed by atoms with Crippen molar-refractivity contribution in [3.8, 4) is 0 Å². The maximum absolute atomic E-state index is 13.2. The number of hydrogen-bond acceptors (Lipinski definition) is 5. The van der Waals surface area contributed by atoms with Crippen LogP contribution in [0.3, 0.4) is 0 Å². The summed E-state index contributed by atoms with van der Waals surface area (Å²) in [7, 11) is 1.69. The zero-order chi connectivity index (χ0) is 25.7. The van der Waals surface area contributed by atoms with E-state index in [1.54, 1.807) is 14.0 Å². The van der Waals surface area contributed by atoms with Gasteiger partial charge in [0.25, 0.3) is 0 Å². The maximum atomic E-state index is 13.2. The molecule has 3 amide bonds. The van der Waals surface area contributed by atoms with Gasteiger partial charge in [0.2, 0.25) is 5.91 Å². The lowest BCUT2D eigenvalue weighted by atomic mass is 9.90. The highest BCUT2D eigenvalue weighted by Gasteiger charge is 2.38. The lowest BCUT2D eigenvalue weighted by Crippen LogP contribution is -2.49. The first-order valence-corrected chi connectivity index (χ1v) is 12.6. The topological polar surface area (TPSA) is 82.2 Å². The van der Waals surface area contributed by atoms with Crippen molar-refractivity contribution < 1.29 is 19.1 Å². The van der Waals surface area contributed by atoms with Crippen molar-refractivity contribution in [3.05, 3.63) is 46.2 Å². The van der Waals surface area contributed by atoms with Gasteiger partial charge in [-0.15, -0.1) is 0 Å². The van der Waals surface area contributed by atoms with Gasteiger partial charge in [-0.2, -0.15) is 0 Å². The number of amides is 3. The van der Waals surface area contributed by atoms with Gasteiger partial charge in [0.15, 0.2) is 0 Å². The standard InChI is InChI=1S/C27H40N4O4/c1-7-35-26(33)24-22(17-30-11-8-12-31(14-13-30)23(32)15-18(2)3)29(6)27(34)28-25(24)21-10-9-19(4)16-20(21)5/h9-10,16,18,25H,7-8,11-15,17H2,1-6H3,(H,28,34)/t25-/m0/s1. The van der Waals surface area contributed by atoms with Crippen LogP contribution in [0.5, 0.6) is 0 Å². The zero-order valence-corrected chi connectivity index (χ0v) is 22.0. The Kier molecular flexibility index (Phi) is 8.94. The highest BCUT2D eigenvalue weighted by atomic mass is 16.5. The molecule has 0 saturated carbocycles. The summed E-state index contributed by atoms with van der Waals surface area (Å²) < 4.78 is 5.46. The molecule has 8 heteroatoms. The first-order valence-electron chi connectivity index (χ1n) is 12.6. The van der Waals surface area contributed by atoms with E-state index in [0.717, 1.165) is 36.2 Å². The summed E-state index contributed by atoms with van der Waals surface area (Å²) in [6.07, 6.45) is 1.40. The van der Waals surface area contributed by atoms with Crippen molar-refractivity contribution >= 4 is 17.9 Å². The lowest BCUT2D eigenvalue weighted by Gasteiger charge is -2.37. The molecule has 192 valence electrons. The molecule has 1 atom stereocenters. The molecule has 2 aliphatic heterocycles. The van der Waals surface area contributed by atoms with Crippen LogP contribution in [0.1, 0.15) is 56.3 Å². The monoisotopic (exact) mass is 484 g/mol. The number of esters is 1. The van der Waals surface area contributed by atoms with Crippen LogP contribution in [-0.2, 0) is 14.3 Å². The second kappa shape index (κ2) is 11.7. The Hall–Kier alpha value is -2.87. The summed E-state index contributed by atoms with van der Waals surface area (Å²) in [4.78, 5) is 44.5. The zero-order valence-electron chi connectivity index (χ0n) is 22.0. The number of ether oxygens (including phenoxy) is 1. The molecule has 0 radical (unpaired) electrons. The summed E-state index contributed by atoms with van der Waals surface area (Å²) in [6, 6.07) is 5.19. The minimum atomic E-state index is -0.579. The van der Waals surface area contributed by atoms with Crippen LogP contribution >= 0.6 is 0 Å². The number of aryl methyl sites for hydroxylation is 2. The molecule has 0 spiro atoms. The van der Waals surface area contributed by atoms with E-state index in [-0.39, 0.29) is 18.5 Å². The highest BCUT2D eigenvalue weighted by Crippen LogP contribution is 2.33. The molecular weight excluding hydrogens is 444 g/mol. The molecular formula is C27H40N4O4. The van der Waals surface area contributed by atoms with Gasteiger partial charge in [0.05, 0.1) is 18.2 Å². The van der Waals surface area contributed by atoms with Gasteiger partial charge < -0.3 is 15.0 Å². The van der Waals surface area contributed by atoms with E-state index in [2.05, 4.69) is 30.1 Å². The maximum Gasteiger partial charge on any atom is 0.338 e. The molecule has 0 bridgehead atoms. The van der Waals surface area contributed by atoms with E-state index in [1.165, 1.54) is 4.90 Å². The van der Waals surface area contributed by atoms with Crippen LogP contribution < -0.4 is 5.32 Å². The van der Waals surface area contributed by atoms with Gasteiger partial charge >= 0.3 is 12.0 Å². The summed E-state index contributed by atoms with van der Waals surface area (Å²) in [5.41, 5.74) is 4.14. The molecule has 2 heterocycles. The minimum Gasteiger partial charge on any atom is -0.463 e. The molecule has 1 N–H and O–H groups in total. The number of hydrogen-bond donors (Lipinski definition) is 1. The van der Waals surface area contributed by atoms with Gasteiger partial charge in [-0.05, 0) is 44.2 Å². The third-order valence-corrected chi connectivity index (χ3v) is 6.71. The quantitative estimate of drug-likeness (QED) is 0.600. The number of urea groups is 1. The smallest absolute Gasteiger partial charge is 0.338 e. The van der Waals surface area contributed by atoms with Crippen LogP contribution in [0.25, 0.3) is 0 Å². The molecule has 2 aliphatic rings. The Balaban J connectivity index is 1.93. The fourth-order valence-corrected chi connectivity index (χ4v) is 4.85. The van der Waals surface area contributed by atoms with Crippen LogP contribution in [-0.4, -0.2) is 79.0 Å². The van der Waals surface area contributed by atoms with Gasteiger partial charge in [-0.25, -0.2) is 9.59 Å². The average Bonchev–Trinajstić information content (AvgIpc) is 3.02. The average molecular weight is 485 g/mol. The van der Waals surface area contributed by atoms with Crippen LogP contribution in [0.2, 0.25) is 0 Å². The van der Waals surface area contributed by atoms with Crippen molar-refractivity contribution in [1.82, 2.24) is 20.0 Å². The fraction of sp³-hybridized carbons (Fsp3) is 0.593. The normalized spacial score (nSPS) is 19.6. The third kappa shape index (κ3) is 6.42. The summed E-state index contributed by atoms with van der Waals surface area (Å²) >= 11 is 0. The predicted molar refractivity (Wildman–Crippen MR) is 136 cm³/mol. The highest BCUT2D eigenvalue weighted by molar-refractivity contribution is 5.95. The summed E-state index contributed by atoms with van der Waals surface area (Å²) in [6.45, 7) is 13.4. The number of nitrogens with zero attached hydrogens (tertiary/aromatic N) is 3. The Morgan fingerprint density at radius 3 is 2.54 bits per heavy atom. The van der Waals surface area contributed by atoms with Gasteiger partial charge in [-0.3, -0.25) is 14.6 Å². The largest absolute Gasteiger partial charge is 0.463 e. The minimum absolute atomic E-state index is 0.192. The van der Waals surface area contributed by atoms with E-state index in [0.29, 0.717) is 43.2 Å². The molecule has 1 saturated heterocycles. The number of carbonyl (C=O) groups is 3. The molecule has 8 nitrogen and oxygen atoms in total. The molecule has 0 unspecified atom stereocenters. The Bertz CT molecular complexity index is 987. The van der Waals surface area contributed by atoms with E-state index >= 15 is 0 Å². The van der Waals surface area contributed by atoms with Crippen molar-refractivity contribution in [2.75, 3.05) is 46.4 Å². The molecule has 0 aromatic heterocycles. The van der Waals surface area contributed by atoms with Crippen LogP contribution in [0, 0.1) is 19.8 Å². The SMILES string of the molecule is CCOC(=O)C1=C(CN2CCCN(C(=O)CC(C)C)CC2)N(C)C(=O)N[C@H]1c1ccc(C)cc1C. The van der Waals surface area contributed by atoms with E-state index in [4.69, 9.17) is 4.74 Å². The number of rotatable bonds is 7. The third-order valence-electron chi connectivity index (χ3n) is 6.71. The molecule has 0 aliphatic carbocycles. The number of benzene rings is 1. The fourth-order valence-electron chi connectivity index (χ4n) is 4.85. The lowest BCUT2D eigenvalue weighted by molar-refractivity contribution is -0.139. The van der Waals surface area contributed by atoms with Crippen molar-refractivity contribution in [2.45, 2.75) is 53.5 Å². The summed E-state index contributed by atoms with van der Waals surface area (Å²) in [5.74, 6) is 0.107. The van der Waals surface area contributed by atoms with Crippen molar-refractivity contribution in [2.24, 2.45) is 5.92 Å². The molecule has 1 fully saturated rings. The number of likely N-dealkylation sites (N-methyl/N-ethyl adjacent to an activating group) is 1. The first kappa shape index (κ1) is 26.7. The molecule has 35 heavy (non-hydrogen) atoms.